The van der Waals surface area contributed by atoms with Gasteiger partial charge in [0, 0.05) is 19.1 Å². The molecular formula is C17H28N2. The maximum absolute atomic E-state index is 3.67. The van der Waals surface area contributed by atoms with Gasteiger partial charge in [0.2, 0.25) is 0 Å². The molecule has 0 aromatic heterocycles. The number of likely N-dealkylation sites (tertiary alicyclic amines) is 1. The SMILES string of the molecule is Cc1cc(C)c(C(C)NCCN2CCCC2)cc1C. The second-order valence-corrected chi connectivity index (χ2v) is 6.02. The highest BCUT2D eigenvalue weighted by atomic mass is 15.2. The highest BCUT2D eigenvalue weighted by Crippen LogP contribution is 2.21. The molecule has 1 unspecified atom stereocenters. The lowest BCUT2D eigenvalue weighted by atomic mass is 9.96. The van der Waals surface area contributed by atoms with Crippen LogP contribution in [0.1, 0.15) is 48.1 Å². The molecule has 1 heterocycles. The standard InChI is InChI=1S/C17H28N2/c1-13-11-15(3)17(12-14(13)2)16(4)18-7-10-19-8-5-6-9-19/h11-12,16,18H,5-10H2,1-4H3. The van der Waals surface area contributed by atoms with E-state index in [1.54, 1.807) is 0 Å². The van der Waals surface area contributed by atoms with Crippen LogP contribution in [0.25, 0.3) is 0 Å². The monoisotopic (exact) mass is 260 g/mol. The van der Waals surface area contributed by atoms with Crippen LogP contribution in [0.4, 0.5) is 0 Å². The third-order valence-electron chi connectivity index (χ3n) is 4.43. The summed E-state index contributed by atoms with van der Waals surface area (Å²) in [5.74, 6) is 0. The molecule has 0 spiro atoms. The second-order valence-electron chi connectivity index (χ2n) is 6.02. The van der Waals surface area contributed by atoms with E-state index in [0.717, 1.165) is 6.54 Å². The molecule has 0 bridgehead atoms. The van der Waals surface area contributed by atoms with E-state index in [1.165, 1.54) is 54.7 Å². The maximum Gasteiger partial charge on any atom is 0.0295 e. The number of benzene rings is 1. The fourth-order valence-corrected chi connectivity index (χ4v) is 3.00. The Labute approximate surface area is 118 Å². The molecule has 106 valence electrons. The van der Waals surface area contributed by atoms with Crippen LogP contribution in [0, 0.1) is 20.8 Å². The molecule has 0 radical (unpaired) electrons. The minimum Gasteiger partial charge on any atom is -0.309 e. The van der Waals surface area contributed by atoms with Gasteiger partial charge in [0.25, 0.3) is 0 Å². The molecule has 2 heteroatoms. The van der Waals surface area contributed by atoms with Gasteiger partial charge in [-0.05, 0) is 75.9 Å². The average molecular weight is 260 g/mol. The van der Waals surface area contributed by atoms with Gasteiger partial charge in [-0.1, -0.05) is 12.1 Å². The van der Waals surface area contributed by atoms with E-state index < -0.39 is 0 Å². The number of nitrogens with zero attached hydrogens (tertiary/aromatic N) is 1. The van der Waals surface area contributed by atoms with Crippen molar-refractivity contribution in [3.63, 3.8) is 0 Å². The second kappa shape index (κ2) is 6.53. The number of hydrogen-bond acceptors (Lipinski definition) is 2. The van der Waals surface area contributed by atoms with Gasteiger partial charge in [0.1, 0.15) is 0 Å². The molecule has 2 nitrogen and oxygen atoms in total. The molecule has 1 aromatic carbocycles. The highest BCUT2D eigenvalue weighted by Gasteiger charge is 2.13. The zero-order chi connectivity index (χ0) is 13.8. The minimum absolute atomic E-state index is 0.446. The Morgan fingerprint density at radius 2 is 1.68 bits per heavy atom. The van der Waals surface area contributed by atoms with Crippen LogP contribution < -0.4 is 5.32 Å². The van der Waals surface area contributed by atoms with Crippen molar-refractivity contribution < 1.29 is 0 Å². The summed E-state index contributed by atoms with van der Waals surface area (Å²) in [6.07, 6.45) is 2.76. The van der Waals surface area contributed by atoms with Crippen molar-refractivity contribution in [3.05, 3.63) is 34.4 Å². The predicted molar refractivity (Wildman–Crippen MR) is 82.7 cm³/mol. The first-order valence-corrected chi connectivity index (χ1v) is 7.61. The van der Waals surface area contributed by atoms with Gasteiger partial charge in [-0.3, -0.25) is 0 Å². The van der Waals surface area contributed by atoms with Gasteiger partial charge in [0.15, 0.2) is 0 Å². The summed E-state index contributed by atoms with van der Waals surface area (Å²) >= 11 is 0. The Morgan fingerprint density at radius 3 is 2.37 bits per heavy atom. The van der Waals surface area contributed by atoms with Crippen LogP contribution in [0.2, 0.25) is 0 Å². The van der Waals surface area contributed by atoms with E-state index in [9.17, 15) is 0 Å². The number of nitrogens with one attached hydrogen (secondary N) is 1. The zero-order valence-corrected chi connectivity index (χ0v) is 12.9. The van der Waals surface area contributed by atoms with Crippen LogP contribution in [-0.2, 0) is 0 Å². The molecule has 19 heavy (non-hydrogen) atoms. The predicted octanol–water partition coefficient (Wildman–Crippen LogP) is 3.36. The van der Waals surface area contributed by atoms with E-state index in [1.807, 2.05) is 0 Å². The number of aryl methyl sites for hydroxylation is 3. The van der Waals surface area contributed by atoms with Crippen molar-refractivity contribution in [3.8, 4) is 0 Å². The third-order valence-corrected chi connectivity index (χ3v) is 4.43. The van der Waals surface area contributed by atoms with Crippen LogP contribution >= 0.6 is 0 Å². The Bertz CT molecular complexity index is 420. The normalized spacial score (nSPS) is 17.9. The van der Waals surface area contributed by atoms with Crippen molar-refractivity contribution in [2.45, 2.75) is 46.6 Å². The fraction of sp³-hybridized carbons (Fsp3) is 0.647. The molecule has 0 amide bonds. The number of hydrogen-bond donors (Lipinski definition) is 1. The van der Waals surface area contributed by atoms with Crippen LogP contribution in [-0.4, -0.2) is 31.1 Å². The van der Waals surface area contributed by atoms with Crippen LogP contribution in [0.5, 0.6) is 0 Å². The largest absolute Gasteiger partial charge is 0.309 e. The molecule has 0 saturated carbocycles. The van der Waals surface area contributed by atoms with E-state index >= 15 is 0 Å². The fourth-order valence-electron chi connectivity index (χ4n) is 3.00. The Kier molecular flexibility index (Phi) is 5.00. The summed E-state index contributed by atoms with van der Waals surface area (Å²) in [7, 11) is 0. The lowest BCUT2D eigenvalue weighted by Crippen LogP contribution is -2.31. The van der Waals surface area contributed by atoms with Gasteiger partial charge < -0.3 is 10.2 Å². The molecule has 1 fully saturated rings. The molecule has 2 rings (SSSR count). The molecule has 0 aliphatic carbocycles. The molecular weight excluding hydrogens is 232 g/mol. The van der Waals surface area contributed by atoms with E-state index in [4.69, 9.17) is 0 Å². The van der Waals surface area contributed by atoms with E-state index in [-0.39, 0.29) is 0 Å². The van der Waals surface area contributed by atoms with Gasteiger partial charge in [0.05, 0.1) is 0 Å². The molecule has 1 atom stereocenters. The van der Waals surface area contributed by atoms with Crippen molar-refractivity contribution in [2.24, 2.45) is 0 Å². The Balaban J connectivity index is 1.88. The topological polar surface area (TPSA) is 15.3 Å². The molecule has 1 saturated heterocycles. The summed E-state index contributed by atoms with van der Waals surface area (Å²) in [4.78, 5) is 2.56. The van der Waals surface area contributed by atoms with Gasteiger partial charge in [-0.15, -0.1) is 0 Å². The summed E-state index contributed by atoms with van der Waals surface area (Å²) in [6.45, 7) is 13.8. The summed E-state index contributed by atoms with van der Waals surface area (Å²) in [5.41, 5.74) is 5.65. The zero-order valence-electron chi connectivity index (χ0n) is 12.9. The first-order valence-electron chi connectivity index (χ1n) is 7.61. The Hall–Kier alpha value is -0.860. The van der Waals surface area contributed by atoms with Crippen molar-refractivity contribution in [2.75, 3.05) is 26.2 Å². The van der Waals surface area contributed by atoms with Crippen molar-refractivity contribution in [1.82, 2.24) is 10.2 Å². The van der Waals surface area contributed by atoms with Crippen LogP contribution in [0.3, 0.4) is 0 Å². The van der Waals surface area contributed by atoms with E-state index in [2.05, 4.69) is 50.0 Å². The van der Waals surface area contributed by atoms with Gasteiger partial charge in [-0.2, -0.15) is 0 Å². The molecule has 1 N–H and O–H groups in total. The molecule has 1 aliphatic heterocycles. The maximum atomic E-state index is 3.67. The lowest BCUT2D eigenvalue weighted by Gasteiger charge is -2.21. The molecule has 1 aromatic rings. The first-order chi connectivity index (χ1) is 9.08. The lowest BCUT2D eigenvalue weighted by molar-refractivity contribution is 0.329. The van der Waals surface area contributed by atoms with Gasteiger partial charge in [-0.25, -0.2) is 0 Å². The Morgan fingerprint density at radius 1 is 1.05 bits per heavy atom. The smallest absolute Gasteiger partial charge is 0.0295 e. The number of rotatable bonds is 5. The van der Waals surface area contributed by atoms with E-state index in [0.29, 0.717) is 6.04 Å². The summed E-state index contributed by atoms with van der Waals surface area (Å²) < 4.78 is 0. The average Bonchev–Trinajstić information content (AvgIpc) is 2.86. The summed E-state index contributed by atoms with van der Waals surface area (Å²) in [5, 5.41) is 3.67. The van der Waals surface area contributed by atoms with Gasteiger partial charge >= 0.3 is 0 Å². The quantitative estimate of drug-likeness (QED) is 0.873. The van der Waals surface area contributed by atoms with Crippen molar-refractivity contribution in [1.29, 1.82) is 0 Å². The first kappa shape index (κ1) is 14.5. The third kappa shape index (κ3) is 3.80. The molecule has 1 aliphatic rings. The van der Waals surface area contributed by atoms with Crippen LogP contribution in [0.15, 0.2) is 12.1 Å². The highest BCUT2D eigenvalue weighted by molar-refractivity contribution is 5.37. The summed E-state index contributed by atoms with van der Waals surface area (Å²) in [6, 6.07) is 5.10. The minimum atomic E-state index is 0.446. The van der Waals surface area contributed by atoms with Crippen molar-refractivity contribution >= 4 is 0 Å².